The van der Waals surface area contributed by atoms with Gasteiger partial charge in [0.2, 0.25) is 0 Å². The van der Waals surface area contributed by atoms with Gasteiger partial charge in [0, 0.05) is 6.42 Å². The lowest BCUT2D eigenvalue weighted by Crippen LogP contribution is -2.36. The topological polar surface area (TPSA) is 43.4 Å². The molecule has 0 heterocycles. The van der Waals surface area contributed by atoms with Crippen LogP contribution < -0.4 is 0 Å². The van der Waals surface area contributed by atoms with E-state index in [4.69, 9.17) is 4.74 Å². The Balaban J connectivity index is 2.80. The van der Waals surface area contributed by atoms with Gasteiger partial charge in [0.15, 0.2) is 0 Å². The van der Waals surface area contributed by atoms with Crippen LogP contribution in [0.3, 0.4) is 0 Å². The molecule has 0 radical (unpaired) electrons. The minimum Gasteiger partial charge on any atom is -0.465 e. The predicted octanol–water partition coefficient (Wildman–Crippen LogP) is 2.09. The molecular formula is C11H18O3. The van der Waals surface area contributed by atoms with Gasteiger partial charge in [-0.1, -0.05) is 13.3 Å². The molecule has 0 aromatic heterocycles. The lowest BCUT2D eigenvalue weighted by Gasteiger charge is -2.23. The Morgan fingerprint density at radius 2 is 2.21 bits per heavy atom. The second kappa shape index (κ2) is 4.58. The lowest BCUT2D eigenvalue weighted by atomic mass is 9.81. The molecule has 0 saturated heterocycles. The maximum Gasteiger partial charge on any atom is 0.319 e. The summed E-state index contributed by atoms with van der Waals surface area (Å²) in [5.74, 6) is -0.220. The van der Waals surface area contributed by atoms with E-state index >= 15 is 0 Å². The van der Waals surface area contributed by atoms with Crippen LogP contribution in [0.1, 0.15) is 46.0 Å². The van der Waals surface area contributed by atoms with Crippen molar-refractivity contribution >= 4 is 11.8 Å². The smallest absolute Gasteiger partial charge is 0.319 e. The molecule has 0 N–H and O–H groups in total. The second-order valence-electron chi connectivity index (χ2n) is 3.83. The van der Waals surface area contributed by atoms with E-state index in [-0.39, 0.29) is 11.8 Å². The van der Waals surface area contributed by atoms with E-state index < -0.39 is 5.41 Å². The summed E-state index contributed by atoms with van der Waals surface area (Å²) in [5.41, 5.74) is -0.787. The Kier molecular flexibility index (Phi) is 3.67. The molecule has 14 heavy (non-hydrogen) atoms. The third kappa shape index (κ3) is 1.81. The van der Waals surface area contributed by atoms with Crippen molar-refractivity contribution in [1.29, 1.82) is 0 Å². The summed E-state index contributed by atoms with van der Waals surface area (Å²) >= 11 is 0. The fraction of sp³-hybridized carbons (Fsp3) is 0.818. The van der Waals surface area contributed by atoms with Crippen molar-refractivity contribution in [1.82, 2.24) is 0 Å². The van der Waals surface area contributed by atoms with Crippen LogP contribution in [0.15, 0.2) is 0 Å². The number of ketones is 1. The van der Waals surface area contributed by atoms with Crippen molar-refractivity contribution in [3.63, 3.8) is 0 Å². The van der Waals surface area contributed by atoms with Gasteiger partial charge in [-0.3, -0.25) is 9.59 Å². The van der Waals surface area contributed by atoms with E-state index in [1.54, 1.807) is 6.92 Å². The first-order valence-electron chi connectivity index (χ1n) is 5.38. The van der Waals surface area contributed by atoms with Gasteiger partial charge in [-0.15, -0.1) is 0 Å². The van der Waals surface area contributed by atoms with Gasteiger partial charge in [0.05, 0.1) is 6.61 Å². The van der Waals surface area contributed by atoms with Crippen molar-refractivity contribution in [2.24, 2.45) is 5.41 Å². The zero-order chi connectivity index (χ0) is 10.6. The number of Topliss-reactive ketones (excluding diaryl/α,β-unsaturated/α-hetero) is 1. The quantitative estimate of drug-likeness (QED) is 0.513. The van der Waals surface area contributed by atoms with Gasteiger partial charge >= 0.3 is 5.97 Å². The van der Waals surface area contributed by atoms with Gasteiger partial charge < -0.3 is 4.74 Å². The zero-order valence-electron chi connectivity index (χ0n) is 8.97. The normalized spacial score (nSPS) is 26.6. The number of rotatable bonds is 4. The average molecular weight is 198 g/mol. The molecule has 1 atom stereocenters. The van der Waals surface area contributed by atoms with Gasteiger partial charge in [-0.05, 0) is 26.2 Å². The van der Waals surface area contributed by atoms with Crippen LogP contribution in [0.5, 0.6) is 0 Å². The summed E-state index contributed by atoms with van der Waals surface area (Å²) in [4.78, 5) is 23.4. The van der Waals surface area contributed by atoms with Crippen LogP contribution in [-0.4, -0.2) is 18.4 Å². The molecule has 0 unspecified atom stereocenters. The first-order valence-corrected chi connectivity index (χ1v) is 5.38. The number of carbonyl (C=O) groups is 2. The molecule has 1 fully saturated rings. The highest BCUT2D eigenvalue weighted by molar-refractivity contribution is 6.05. The van der Waals surface area contributed by atoms with E-state index in [0.717, 1.165) is 12.8 Å². The van der Waals surface area contributed by atoms with Crippen molar-refractivity contribution in [2.75, 3.05) is 6.61 Å². The molecule has 3 nitrogen and oxygen atoms in total. The Morgan fingerprint density at radius 3 is 2.64 bits per heavy atom. The Labute approximate surface area is 84.8 Å². The minimum absolute atomic E-state index is 0.0813. The molecule has 1 aliphatic carbocycles. The fourth-order valence-electron chi connectivity index (χ4n) is 2.21. The second-order valence-corrected chi connectivity index (χ2v) is 3.83. The summed E-state index contributed by atoms with van der Waals surface area (Å²) < 4.78 is 4.99. The van der Waals surface area contributed by atoms with E-state index in [1.165, 1.54) is 0 Å². The van der Waals surface area contributed by atoms with Crippen molar-refractivity contribution in [3.8, 4) is 0 Å². The third-order valence-electron chi connectivity index (χ3n) is 2.88. The molecular weight excluding hydrogens is 180 g/mol. The summed E-state index contributed by atoms with van der Waals surface area (Å²) in [7, 11) is 0. The lowest BCUT2D eigenvalue weighted by molar-refractivity contribution is -0.159. The molecule has 0 amide bonds. The molecule has 0 aromatic rings. The number of hydrogen-bond donors (Lipinski definition) is 0. The molecule has 1 saturated carbocycles. The average Bonchev–Trinajstić information content (AvgIpc) is 2.50. The van der Waals surface area contributed by atoms with Gasteiger partial charge in [0.25, 0.3) is 0 Å². The van der Waals surface area contributed by atoms with Gasteiger partial charge in [0.1, 0.15) is 11.2 Å². The monoisotopic (exact) mass is 198 g/mol. The Bertz CT molecular complexity index is 235. The first-order chi connectivity index (χ1) is 6.67. The van der Waals surface area contributed by atoms with Gasteiger partial charge in [-0.2, -0.15) is 0 Å². The molecule has 0 spiro atoms. The highest BCUT2D eigenvalue weighted by atomic mass is 16.5. The molecule has 0 bridgehead atoms. The zero-order valence-corrected chi connectivity index (χ0v) is 8.97. The van der Waals surface area contributed by atoms with E-state index in [1.807, 2.05) is 6.92 Å². The Hall–Kier alpha value is -0.860. The Morgan fingerprint density at radius 1 is 1.50 bits per heavy atom. The van der Waals surface area contributed by atoms with E-state index in [2.05, 4.69) is 0 Å². The molecule has 1 aliphatic rings. The minimum atomic E-state index is -0.787. The largest absolute Gasteiger partial charge is 0.465 e. The maximum atomic E-state index is 11.7. The summed E-state index contributed by atoms with van der Waals surface area (Å²) in [6, 6.07) is 0. The summed E-state index contributed by atoms with van der Waals surface area (Å²) in [6.07, 6.45) is 3.55. The van der Waals surface area contributed by atoms with Crippen molar-refractivity contribution < 1.29 is 14.3 Å². The number of hydrogen-bond acceptors (Lipinski definition) is 3. The van der Waals surface area contributed by atoms with Crippen LogP contribution in [0.25, 0.3) is 0 Å². The summed E-state index contributed by atoms with van der Waals surface area (Å²) in [6.45, 7) is 4.13. The van der Waals surface area contributed by atoms with Crippen LogP contribution in [0.4, 0.5) is 0 Å². The fourth-order valence-corrected chi connectivity index (χ4v) is 2.21. The number of ether oxygens (including phenoxy) is 1. The molecule has 0 aromatic carbocycles. The highest BCUT2D eigenvalue weighted by Gasteiger charge is 2.48. The molecule has 3 heteroatoms. The standard InChI is InChI=1S/C11H18O3/c1-3-7-11(10(13)14-4-2)8-5-6-9(11)12/h3-8H2,1-2H3/t11-/m0/s1. The number of esters is 1. The number of carbonyl (C=O) groups excluding carboxylic acids is 2. The van der Waals surface area contributed by atoms with Crippen molar-refractivity contribution in [2.45, 2.75) is 46.0 Å². The molecule has 80 valence electrons. The van der Waals surface area contributed by atoms with Crippen LogP contribution in [-0.2, 0) is 14.3 Å². The molecule has 0 aliphatic heterocycles. The van der Waals surface area contributed by atoms with E-state index in [9.17, 15) is 9.59 Å². The van der Waals surface area contributed by atoms with Crippen LogP contribution in [0, 0.1) is 5.41 Å². The van der Waals surface area contributed by atoms with Gasteiger partial charge in [-0.25, -0.2) is 0 Å². The maximum absolute atomic E-state index is 11.7. The van der Waals surface area contributed by atoms with Crippen LogP contribution >= 0.6 is 0 Å². The first kappa shape index (κ1) is 11.2. The molecule has 1 rings (SSSR count). The van der Waals surface area contributed by atoms with Crippen LogP contribution in [0.2, 0.25) is 0 Å². The van der Waals surface area contributed by atoms with Crippen molar-refractivity contribution in [3.05, 3.63) is 0 Å². The highest BCUT2D eigenvalue weighted by Crippen LogP contribution is 2.40. The summed E-state index contributed by atoms with van der Waals surface area (Å²) in [5, 5.41) is 0. The third-order valence-corrected chi connectivity index (χ3v) is 2.88. The van der Waals surface area contributed by atoms with E-state index in [0.29, 0.717) is 25.9 Å². The SMILES string of the molecule is CCC[C@]1(C(=O)OCC)CCCC1=O. The predicted molar refractivity (Wildman–Crippen MR) is 52.8 cm³/mol.